The number of alkyl halides is 6. The van der Waals surface area contributed by atoms with Crippen LogP contribution < -0.4 is 40.7 Å². The van der Waals surface area contributed by atoms with Crippen LogP contribution in [0.4, 0.5) is 26.3 Å². The predicted molar refractivity (Wildman–Crippen MR) is 210 cm³/mol. The van der Waals surface area contributed by atoms with Gasteiger partial charge in [0.2, 0.25) is 11.8 Å². The quantitative estimate of drug-likeness (QED) is 0.138. The van der Waals surface area contributed by atoms with Gasteiger partial charge in [0, 0.05) is 47.4 Å². The monoisotopic (exact) mass is 872 g/mol. The molecule has 3 N–H and O–H groups in total. The standard InChI is InChI=1S/2C20H16ClF3N2O2.CH4.Na.H2O/c2*21-16-8-5-13(12-3-6-14(7-4-12)20(22,23)24)11-15(16)17-18(27)25-9-1-2-10-26(25)19(17)28;;;/h2*3-8,11,27H,1-2,9-10H2;1H4;;1H2/q;;;+1;/p-1. The molecule has 0 spiro atoms. The van der Waals surface area contributed by atoms with Gasteiger partial charge in [-0.1, -0.05) is 67.0 Å². The SMILES string of the molecule is C.O=c1c(-c2cc(-c3ccc(C(F)(F)F)cc3)ccc2Cl)c(O)n2n1CCCC2.O=c1c(-c2cc(-c3ccc(C(F)(F)F)cc3)ccc2Cl)c(O)n2n1CCCC2.[Na+].[OH-]. The van der Waals surface area contributed by atoms with Crippen LogP contribution in [0, 0.1) is 0 Å². The summed E-state index contributed by atoms with van der Waals surface area (Å²) in [6, 6.07) is 19.2. The first-order chi connectivity index (χ1) is 26.5. The third-order valence-corrected chi connectivity index (χ3v) is 10.6. The maximum Gasteiger partial charge on any atom is 1.00 e. The van der Waals surface area contributed by atoms with Crippen molar-refractivity contribution in [3.05, 3.63) is 127 Å². The molecule has 18 heteroatoms. The molecule has 9 nitrogen and oxygen atoms in total. The number of hydrogen-bond acceptors (Lipinski definition) is 5. The molecule has 0 amide bonds. The number of fused-ring (bicyclic) bond motifs is 2. The van der Waals surface area contributed by atoms with E-state index >= 15 is 0 Å². The fourth-order valence-electron chi connectivity index (χ4n) is 7.07. The fraction of sp³-hybridized carbons (Fsp3) is 0.268. The molecule has 0 bridgehead atoms. The molecule has 4 aromatic carbocycles. The van der Waals surface area contributed by atoms with E-state index in [1.165, 1.54) is 33.6 Å². The van der Waals surface area contributed by atoms with Gasteiger partial charge in [-0.15, -0.1) is 0 Å². The van der Waals surface area contributed by atoms with Crippen LogP contribution in [0.15, 0.2) is 94.5 Å². The zero-order valence-electron chi connectivity index (χ0n) is 30.7. The van der Waals surface area contributed by atoms with E-state index < -0.39 is 23.5 Å². The van der Waals surface area contributed by atoms with E-state index in [1.807, 2.05) is 0 Å². The normalized spacial score (nSPS) is 13.4. The van der Waals surface area contributed by atoms with Gasteiger partial charge in [0.25, 0.3) is 11.1 Å². The first-order valence-corrected chi connectivity index (χ1v) is 18.3. The van der Waals surface area contributed by atoms with Crippen molar-refractivity contribution in [2.75, 3.05) is 0 Å². The Balaban J connectivity index is 0.000000248. The molecular weight excluding hydrogens is 836 g/mol. The van der Waals surface area contributed by atoms with Crippen molar-refractivity contribution in [3.63, 3.8) is 0 Å². The number of nitrogens with zero attached hydrogens (tertiary/aromatic N) is 4. The van der Waals surface area contributed by atoms with Crippen LogP contribution in [-0.2, 0) is 38.5 Å². The minimum absolute atomic E-state index is 0. The minimum Gasteiger partial charge on any atom is -0.870 e. The molecule has 0 saturated carbocycles. The average Bonchev–Trinajstić information content (AvgIpc) is 3.59. The molecule has 0 saturated heterocycles. The molecule has 0 fully saturated rings. The van der Waals surface area contributed by atoms with Gasteiger partial charge in [-0.25, -0.2) is 9.36 Å². The average molecular weight is 874 g/mol. The van der Waals surface area contributed by atoms with Crippen LogP contribution in [0.1, 0.15) is 44.2 Å². The van der Waals surface area contributed by atoms with E-state index in [1.54, 1.807) is 45.8 Å². The third-order valence-electron chi connectivity index (χ3n) is 9.96. The van der Waals surface area contributed by atoms with Gasteiger partial charge >= 0.3 is 41.9 Å². The number of aromatic hydroxyl groups is 2. The first-order valence-electron chi connectivity index (χ1n) is 17.5. The van der Waals surface area contributed by atoms with E-state index in [4.69, 9.17) is 23.2 Å². The number of rotatable bonds is 4. The number of hydrogen-bond donors (Lipinski definition) is 2. The maximum atomic E-state index is 12.8. The first kappa shape index (κ1) is 47.3. The Hall–Kier alpha value is -4.38. The largest absolute Gasteiger partial charge is 1.00 e. The molecule has 6 aromatic rings. The molecule has 2 aliphatic rings. The summed E-state index contributed by atoms with van der Waals surface area (Å²) < 4.78 is 82.7. The Morgan fingerprint density at radius 3 is 1.07 bits per heavy atom. The van der Waals surface area contributed by atoms with Crippen LogP contribution in [0.3, 0.4) is 0 Å². The number of halogens is 8. The van der Waals surface area contributed by atoms with Gasteiger partial charge in [-0.3, -0.25) is 19.0 Å². The maximum absolute atomic E-state index is 12.8. The fourth-order valence-corrected chi connectivity index (χ4v) is 7.49. The predicted octanol–water partition coefficient (Wildman–Crippen LogP) is 7.77. The summed E-state index contributed by atoms with van der Waals surface area (Å²) in [6.45, 7) is 2.11. The molecule has 0 atom stereocenters. The van der Waals surface area contributed by atoms with Gasteiger partial charge in [0.1, 0.15) is 11.1 Å². The van der Waals surface area contributed by atoms with Gasteiger partial charge in [-0.05, 0) is 96.5 Å². The number of benzene rings is 4. The van der Waals surface area contributed by atoms with Crippen LogP contribution in [-0.4, -0.2) is 34.4 Å². The van der Waals surface area contributed by atoms with Crippen LogP contribution >= 0.6 is 23.2 Å². The summed E-state index contributed by atoms with van der Waals surface area (Å²) in [7, 11) is 0. The van der Waals surface area contributed by atoms with Crippen molar-refractivity contribution in [1.82, 2.24) is 18.7 Å². The van der Waals surface area contributed by atoms with Crippen molar-refractivity contribution in [3.8, 4) is 56.3 Å². The Kier molecular flexibility index (Phi) is 14.8. The molecule has 0 radical (unpaired) electrons. The Labute approximate surface area is 366 Å². The van der Waals surface area contributed by atoms with Crippen molar-refractivity contribution in [2.45, 2.75) is 71.6 Å². The zero-order valence-corrected chi connectivity index (χ0v) is 34.2. The summed E-state index contributed by atoms with van der Waals surface area (Å²) in [5, 5.41) is 21.7. The molecule has 0 aliphatic carbocycles. The molecule has 8 rings (SSSR count). The van der Waals surface area contributed by atoms with E-state index in [-0.39, 0.29) is 86.5 Å². The topological polar surface area (TPSA) is 124 Å². The van der Waals surface area contributed by atoms with Crippen molar-refractivity contribution < 1.29 is 71.6 Å². The van der Waals surface area contributed by atoms with Gasteiger partial charge in [0.15, 0.2) is 0 Å². The van der Waals surface area contributed by atoms with Crippen LogP contribution in [0.25, 0.3) is 44.5 Å². The molecular formula is C41H37Cl2F6N4NaO5. The van der Waals surface area contributed by atoms with E-state index in [0.717, 1.165) is 49.9 Å². The van der Waals surface area contributed by atoms with E-state index in [2.05, 4.69) is 0 Å². The van der Waals surface area contributed by atoms with Crippen LogP contribution in [0.5, 0.6) is 11.8 Å². The molecule has 0 unspecified atom stereocenters. The number of aromatic nitrogens is 4. The Bertz CT molecular complexity index is 2390. The zero-order chi connectivity index (χ0) is 40.1. The molecule has 59 heavy (non-hydrogen) atoms. The third kappa shape index (κ3) is 9.35. The molecule has 2 aliphatic heterocycles. The summed E-state index contributed by atoms with van der Waals surface area (Å²) in [6.07, 6.45) is -5.39. The van der Waals surface area contributed by atoms with Gasteiger partial charge in [-0.2, -0.15) is 26.3 Å². The smallest absolute Gasteiger partial charge is 0.870 e. The molecule has 308 valence electrons. The van der Waals surface area contributed by atoms with Crippen molar-refractivity contribution >= 4 is 23.2 Å². The Morgan fingerprint density at radius 2 is 0.780 bits per heavy atom. The summed E-state index contributed by atoms with van der Waals surface area (Å²) in [5.41, 5.74) is 1.11. The molecule has 4 heterocycles. The van der Waals surface area contributed by atoms with Gasteiger partial charge < -0.3 is 15.7 Å². The second-order valence-corrected chi connectivity index (χ2v) is 14.3. The minimum atomic E-state index is -4.41. The summed E-state index contributed by atoms with van der Waals surface area (Å²) >= 11 is 12.6. The summed E-state index contributed by atoms with van der Waals surface area (Å²) in [5.74, 6) is -0.285. The van der Waals surface area contributed by atoms with E-state index in [0.29, 0.717) is 59.6 Å². The van der Waals surface area contributed by atoms with Crippen molar-refractivity contribution in [2.24, 2.45) is 0 Å². The second kappa shape index (κ2) is 18.5. The summed E-state index contributed by atoms with van der Waals surface area (Å²) in [4.78, 5) is 25.6. The van der Waals surface area contributed by atoms with Gasteiger partial charge in [0.05, 0.1) is 11.1 Å². The van der Waals surface area contributed by atoms with Crippen molar-refractivity contribution in [1.29, 1.82) is 0 Å². The van der Waals surface area contributed by atoms with E-state index in [9.17, 15) is 46.1 Å². The molecule has 2 aromatic heterocycles. The Morgan fingerprint density at radius 1 is 0.492 bits per heavy atom. The van der Waals surface area contributed by atoms with Crippen LogP contribution in [0.2, 0.25) is 10.0 Å². The second-order valence-electron chi connectivity index (χ2n) is 13.5.